The molecule has 1 amide bonds. The van der Waals surface area contributed by atoms with Crippen molar-refractivity contribution in [2.45, 2.75) is 33.3 Å². The number of hydrogen-bond acceptors (Lipinski definition) is 8. The first-order valence-electron chi connectivity index (χ1n) is 11.0. The van der Waals surface area contributed by atoms with E-state index in [1.54, 1.807) is 32.9 Å². The predicted octanol–water partition coefficient (Wildman–Crippen LogP) is 3.99. The lowest BCUT2D eigenvalue weighted by atomic mass is 9.95. The third-order valence-corrected chi connectivity index (χ3v) is 5.52. The number of phenolic OH excluding ortho intramolecular Hbond substituents is 1. The van der Waals surface area contributed by atoms with Crippen LogP contribution in [0.1, 0.15) is 36.8 Å². The van der Waals surface area contributed by atoms with Crippen LogP contribution in [0.15, 0.2) is 35.1 Å². The Bertz CT molecular complexity index is 1380. The first-order chi connectivity index (χ1) is 16.8. The molecular weight excluding hydrogens is 468 g/mol. The van der Waals surface area contributed by atoms with Crippen LogP contribution in [0.2, 0.25) is 0 Å². The monoisotopic (exact) mass is 498 g/mol. The zero-order chi connectivity index (χ0) is 26.9. The van der Waals surface area contributed by atoms with Gasteiger partial charge in [-0.2, -0.15) is 0 Å². The molecule has 0 bridgehead atoms. The summed E-state index contributed by atoms with van der Waals surface area (Å²) in [7, 11) is 5.47. The third kappa shape index (κ3) is 4.79. The number of benzene rings is 2. The van der Waals surface area contributed by atoms with Crippen molar-refractivity contribution in [3.8, 4) is 28.4 Å². The number of fused-ring (bicyclic) bond motifs is 1. The molecule has 0 saturated heterocycles. The smallest absolute Gasteiger partial charge is 0.429 e. The molecule has 2 aromatic carbocycles. The number of ether oxygens (including phenoxy) is 4. The van der Waals surface area contributed by atoms with Gasteiger partial charge in [0.2, 0.25) is 0 Å². The molecule has 10 heteroatoms. The van der Waals surface area contributed by atoms with Crippen molar-refractivity contribution in [3.63, 3.8) is 0 Å². The fourth-order valence-electron chi connectivity index (χ4n) is 3.88. The molecule has 36 heavy (non-hydrogen) atoms. The Morgan fingerprint density at radius 2 is 1.56 bits per heavy atom. The molecule has 3 aromatic rings. The zero-order valence-corrected chi connectivity index (χ0v) is 21.6. The number of esters is 1. The van der Waals surface area contributed by atoms with Crippen LogP contribution in [-0.4, -0.2) is 55.8 Å². The number of rotatable bonds is 5. The van der Waals surface area contributed by atoms with Crippen molar-refractivity contribution in [2.75, 3.05) is 33.4 Å². The maximum Gasteiger partial charge on any atom is 0.429 e. The van der Waals surface area contributed by atoms with Crippen molar-refractivity contribution < 1.29 is 33.6 Å². The van der Waals surface area contributed by atoms with E-state index in [1.165, 1.54) is 46.6 Å². The van der Waals surface area contributed by atoms with Gasteiger partial charge in [0.25, 0.3) is 5.56 Å². The molecule has 0 saturated carbocycles. The second-order valence-electron chi connectivity index (χ2n) is 9.07. The normalized spacial score (nSPS) is 11.2. The Kier molecular flexibility index (Phi) is 7.19. The van der Waals surface area contributed by atoms with E-state index in [0.717, 1.165) is 15.2 Å². The van der Waals surface area contributed by atoms with Gasteiger partial charge in [-0.3, -0.25) is 4.79 Å². The molecule has 0 aliphatic heterocycles. The predicted molar refractivity (Wildman–Crippen MR) is 135 cm³/mol. The molecule has 0 unspecified atom stereocenters. The Balaban J connectivity index is 2.54. The summed E-state index contributed by atoms with van der Waals surface area (Å²) in [6.07, 6.45) is -0.876. The van der Waals surface area contributed by atoms with E-state index in [1.807, 2.05) is 6.92 Å². The average Bonchev–Trinajstić information content (AvgIpc) is 2.82. The van der Waals surface area contributed by atoms with Crippen LogP contribution in [0.4, 0.5) is 4.79 Å². The minimum Gasteiger partial charge on any atom is -0.508 e. The van der Waals surface area contributed by atoms with E-state index in [-0.39, 0.29) is 22.4 Å². The van der Waals surface area contributed by atoms with Gasteiger partial charge in [-0.15, -0.1) is 0 Å². The van der Waals surface area contributed by atoms with E-state index in [2.05, 4.69) is 0 Å². The summed E-state index contributed by atoms with van der Waals surface area (Å²) in [5.74, 6) is -0.0800. The van der Waals surface area contributed by atoms with Crippen LogP contribution in [0.5, 0.6) is 17.2 Å². The Morgan fingerprint density at radius 1 is 0.972 bits per heavy atom. The Morgan fingerprint density at radius 3 is 2.06 bits per heavy atom. The van der Waals surface area contributed by atoms with E-state index in [4.69, 9.17) is 18.9 Å². The van der Waals surface area contributed by atoms with E-state index >= 15 is 0 Å². The van der Waals surface area contributed by atoms with Crippen molar-refractivity contribution in [1.29, 1.82) is 0 Å². The second kappa shape index (κ2) is 9.80. The quantitative estimate of drug-likeness (QED) is 0.525. The van der Waals surface area contributed by atoms with Gasteiger partial charge in [0.15, 0.2) is 5.69 Å². The maximum absolute atomic E-state index is 13.7. The first kappa shape index (κ1) is 26.4. The highest BCUT2D eigenvalue weighted by Gasteiger charge is 2.30. The molecule has 3 rings (SSSR count). The Labute approximate surface area is 208 Å². The van der Waals surface area contributed by atoms with Crippen LogP contribution < -0.4 is 20.0 Å². The summed E-state index contributed by atoms with van der Waals surface area (Å²) in [5, 5.41) is 11.5. The molecule has 1 N–H and O–H groups in total. The fraction of sp³-hybridized carbons (Fsp3) is 0.346. The van der Waals surface area contributed by atoms with Crippen molar-refractivity contribution >= 4 is 22.8 Å². The highest BCUT2D eigenvalue weighted by Crippen LogP contribution is 2.39. The molecule has 1 aromatic heterocycles. The van der Waals surface area contributed by atoms with Crippen LogP contribution in [0.3, 0.4) is 0 Å². The van der Waals surface area contributed by atoms with Crippen LogP contribution in [0, 0.1) is 6.92 Å². The van der Waals surface area contributed by atoms with Crippen molar-refractivity contribution in [1.82, 2.24) is 4.68 Å². The molecule has 192 valence electrons. The average molecular weight is 499 g/mol. The number of nitrogens with zero attached hydrogens (tertiary/aromatic N) is 2. The topological polar surface area (TPSA) is 117 Å². The summed E-state index contributed by atoms with van der Waals surface area (Å²) in [6.45, 7) is 6.85. The first-order valence-corrected chi connectivity index (χ1v) is 11.0. The highest BCUT2D eigenvalue weighted by molar-refractivity contribution is 6.07. The SMILES string of the molecule is COC(=O)c1c(-c2cc(OC)c(C)c(OC)c2)c2ccc(O)cc2c(=O)n1N(C)C(=O)OC(C)(C)C. The second-order valence-corrected chi connectivity index (χ2v) is 9.07. The lowest BCUT2D eigenvalue weighted by molar-refractivity contribution is 0.0534. The molecule has 0 fully saturated rings. The molecule has 0 aliphatic carbocycles. The van der Waals surface area contributed by atoms with Crippen LogP contribution in [-0.2, 0) is 9.47 Å². The molecule has 0 spiro atoms. The van der Waals surface area contributed by atoms with E-state index < -0.39 is 23.2 Å². The molecule has 10 nitrogen and oxygen atoms in total. The molecule has 0 aliphatic rings. The van der Waals surface area contributed by atoms with Crippen LogP contribution in [0.25, 0.3) is 21.9 Å². The van der Waals surface area contributed by atoms with Gasteiger partial charge in [-0.1, -0.05) is 0 Å². The number of amides is 1. The van der Waals surface area contributed by atoms with Crippen LogP contribution >= 0.6 is 0 Å². The largest absolute Gasteiger partial charge is 0.508 e. The molecule has 0 atom stereocenters. The number of carbonyl (C=O) groups excluding carboxylic acids is 2. The number of hydrogen-bond donors (Lipinski definition) is 1. The van der Waals surface area contributed by atoms with Gasteiger partial charge >= 0.3 is 12.1 Å². The third-order valence-electron chi connectivity index (χ3n) is 5.52. The number of phenols is 1. The summed E-state index contributed by atoms with van der Waals surface area (Å²) < 4.78 is 22.4. The number of aromatic hydroxyl groups is 1. The highest BCUT2D eigenvalue weighted by atomic mass is 16.6. The number of aromatic nitrogens is 1. The van der Waals surface area contributed by atoms with Gasteiger partial charge in [0.1, 0.15) is 22.8 Å². The standard InChI is InChI=1S/C26H30N2O8/c1-14-19(33-6)11-15(12-20(14)34-7)21-17-10-9-16(29)13-18(17)23(30)28(22(21)24(31)35-8)27(5)25(32)36-26(2,3)4/h9-13,29H,1-8H3. The summed E-state index contributed by atoms with van der Waals surface area (Å²) in [5.41, 5.74) is -0.369. The number of pyridine rings is 1. The fourth-order valence-corrected chi connectivity index (χ4v) is 3.88. The summed E-state index contributed by atoms with van der Waals surface area (Å²) >= 11 is 0. The van der Waals surface area contributed by atoms with Gasteiger partial charge in [-0.05, 0) is 69.0 Å². The molecular formula is C26H30N2O8. The lowest BCUT2D eigenvalue weighted by Crippen LogP contribution is -2.48. The van der Waals surface area contributed by atoms with E-state index in [0.29, 0.717) is 22.4 Å². The van der Waals surface area contributed by atoms with E-state index in [9.17, 15) is 19.5 Å². The van der Waals surface area contributed by atoms with Crippen molar-refractivity contribution in [2.24, 2.45) is 0 Å². The maximum atomic E-state index is 13.7. The number of carbonyl (C=O) groups is 2. The summed E-state index contributed by atoms with van der Waals surface area (Å²) in [6, 6.07) is 7.56. The minimum atomic E-state index is -0.876. The summed E-state index contributed by atoms with van der Waals surface area (Å²) in [4.78, 5) is 39.8. The van der Waals surface area contributed by atoms with Gasteiger partial charge in [0, 0.05) is 18.2 Å². The molecule has 0 radical (unpaired) electrons. The van der Waals surface area contributed by atoms with Gasteiger partial charge in [-0.25, -0.2) is 19.3 Å². The molecule has 1 heterocycles. The minimum absolute atomic E-state index is 0.0616. The zero-order valence-electron chi connectivity index (χ0n) is 21.6. The number of methoxy groups -OCH3 is 3. The van der Waals surface area contributed by atoms with Gasteiger partial charge < -0.3 is 24.1 Å². The van der Waals surface area contributed by atoms with Crippen molar-refractivity contribution in [3.05, 3.63) is 51.9 Å². The lowest BCUT2D eigenvalue weighted by Gasteiger charge is -2.28. The van der Waals surface area contributed by atoms with Gasteiger partial charge in [0.05, 0.1) is 26.7 Å². The Hall–Kier alpha value is -4.21.